The molecule has 0 aromatic carbocycles. The van der Waals surface area contributed by atoms with Crippen molar-refractivity contribution in [2.75, 3.05) is 0 Å². The largest absolute Gasteiger partial charge is 1.00 e. The van der Waals surface area contributed by atoms with Crippen LogP contribution in [0.15, 0.2) is 0 Å². The third-order valence-corrected chi connectivity index (χ3v) is 0. The van der Waals surface area contributed by atoms with Crippen molar-refractivity contribution in [2.45, 2.75) is 0 Å². The smallest absolute Gasteiger partial charge is 0.870 e. The summed E-state index contributed by atoms with van der Waals surface area (Å²) in [5.41, 5.74) is 0. The van der Waals surface area contributed by atoms with E-state index in [1.165, 1.54) is 0 Å². The van der Waals surface area contributed by atoms with E-state index in [-0.39, 0.29) is 46.9 Å². The summed E-state index contributed by atoms with van der Waals surface area (Å²) in [6, 6.07) is 0. The van der Waals surface area contributed by atoms with Gasteiger partial charge in [-0.2, -0.15) is 0 Å². The van der Waals surface area contributed by atoms with E-state index in [0.717, 1.165) is 0 Å². The topological polar surface area (TPSA) is 61.5 Å². The fourth-order valence-electron chi connectivity index (χ4n) is 0. The summed E-state index contributed by atoms with van der Waals surface area (Å²) < 4.78 is 0. The minimum atomic E-state index is 0. The van der Waals surface area contributed by atoms with Crippen LogP contribution in [0.5, 0.6) is 0 Å². The molecule has 0 fully saturated rings. The van der Waals surface area contributed by atoms with Crippen molar-refractivity contribution in [3.8, 4) is 0 Å². The predicted molar refractivity (Wildman–Crippen MR) is 5.55 cm³/mol. The van der Waals surface area contributed by atoms with Crippen LogP contribution in [0.3, 0.4) is 0 Å². The first-order valence-corrected chi connectivity index (χ1v) is 0. The molecule has 0 bridgehead atoms. The maximum atomic E-state index is 0. The van der Waals surface area contributed by atoms with E-state index in [0.29, 0.717) is 0 Å². The van der Waals surface area contributed by atoms with E-state index >= 15 is 0 Å². The van der Waals surface area contributed by atoms with E-state index in [1.807, 2.05) is 0 Å². The zero-order valence-corrected chi connectivity index (χ0v) is 3.40. The van der Waals surface area contributed by atoms with Crippen LogP contribution in [0.4, 0.5) is 0 Å². The minimum absolute atomic E-state index is 0. The summed E-state index contributed by atoms with van der Waals surface area (Å²) >= 11 is 0. The van der Waals surface area contributed by atoms with Crippen molar-refractivity contribution in [3.63, 3.8) is 0 Å². The molecule has 0 amide bonds. The Morgan fingerprint density at radius 2 is 1.00 bits per heavy atom. The van der Waals surface area contributed by atoms with Gasteiger partial charge in [0, 0.05) is 17.1 Å². The van der Waals surface area contributed by atoms with E-state index in [1.54, 1.807) is 0 Å². The van der Waals surface area contributed by atoms with Gasteiger partial charge >= 0.3 is 18.9 Å². The van der Waals surface area contributed by atoms with E-state index < -0.39 is 0 Å². The Morgan fingerprint density at radius 3 is 1.00 bits per heavy atom. The van der Waals surface area contributed by atoms with Crippen LogP contribution in [-0.2, 0) is 17.1 Å². The van der Waals surface area contributed by atoms with Gasteiger partial charge in [-0.15, -0.1) is 0 Å². The van der Waals surface area contributed by atoms with Crippen LogP contribution >= 0.6 is 0 Å². The van der Waals surface area contributed by atoms with Gasteiger partial charge in [0.25, 0.3) is 0 Å². The molecule has 0 aliphatic carbocycles. The molecule has 3 N–H and O–H groups in total. The Kier molecular flexibility index (Phi) is 661. The SMILES string of the molecule is O.[Fe].[Li+].[OH-]. The van der Waals surface area contributed by atoms with Gasteiger partial charge in [0.1, 0.15) is 0 Å². The molecule has 0 aliphatic heterocycles. The molecule has 4 heteroatoms. The van der Waals surface area contributed by atoms with Gasteiger partial charge in [0.2, 0.25) is 0 Å². The van der Waals surface area contributed by atoms with Gasteiger partial charge < -0.3 is 11.0 Å². The zero-order valence-electron chi connectivity index (χ0n) is 2.30. The first-order chi connectivity index (χ1) is 0. The summed E-state index contributed by atoms with van der Waals surface area (Å²) in [5.74, 6) is 0. The third kappa shape index (κ3) is 11.7. The second-order valence-corrected chi connectivity index (χ2v) is 0. The summed E-state index contributed by atoms with van der Waals surface area (Å²) in [5, 5.41) is 0. The third-order valence-electron chi connectivity index (χ3n) is 0. The van der Waals surface area contributed by atoms with Crippen molar-refractivity contribution in [3.05, 3.63) is 0 Å². The van der Waals surface area contributed by atoms with Crippen molar-refractivity contribution in [1.29, 1.82) is 0 Å². The monoisotopic (exact) mass is 98.0 g/mol. The van der Waals surface area contributed by atoms with Gasteiger partial charge in [0.05, 0.1) is 0 Å². The molecular weight excluding hydrogens is 94.8 g/mol. The van der Waals surface area contributed by atoms with Gasteiger partial charge in [0.15, 0.2) is 0 Å². The van der Waals surface area contributed by atoms with Crippen LogP contribution in [-0.4, -0.2) is 11.0 Å². The fourth-order valence-corrected chi connectivity index (χ4v) is 0. The van der Waals surface area contributed by atoms with Gasteiger partial charge in [-0.05, 0) is 0 Å². The average Bonchev–Trinajstić information content (AvgIpc) is 0. The Bertz CT molecular complexity index is 6.00. The Hall–Kier alpha value is 1.04. The maximum absolute atomic E-state index is 0. The van der Waals surface area contributed by atoms with Gasteiger partial charge in [-0.1, -0.05) is 0 Å². The van der Waals surface area contributed by atoms with Crippen molar-refractivity contribution in [1.82, 2.24) is 0 Å². The van der Waals surface area contributed by atoms with Crippen LogP contribution in [0, 0.1) is 0 Å². The van der Waals surface area contributed by atoms with Crippen molar-refractivity contribution in [2.24, 2.45) is 0 Å². The number of rotatable bonds is 0. The van der Waals surface area contributed by atoms with Crippen LogP contribution < -0.4 is 18.9 Å². The molecule has 0 aliphatic rings. The average molecular weight is 97.8 g/mol. The van der Waals surface area contributed by atoms with E-state index in [4.69, 9.17) is 0 Å². The molecule has 24 valence electrons. The molecule has 0 atom stereocenters. The second kappa shape index (κ2) is 34.6. The summed E-state index contributed by atoms with van der Waals surface area (Å²) in [7, 11) is 0. The van der Waals surface area contributed by atoms with Crippen LogP contribution in [0.2, 0.25) is 0 Å². The Labute approximate surface area is 47.2 Å². The second-order valence-electron chi connectivity index (χ2n) is 0. The summed E-state index contributed by atoms with van der Waals surface area (Å²) in [6.07, 6.45) is 0. The summed E-state index contributed by atoms with van der Waals surface area (Å²) in [6.45, 7) is 0. The molecule has 0 rings (SSSR count). The molecular formula is H3FeLiO2. The zero-order chi connectivity index (χ0) is 0. The normalized spacial score (nSPS) is 0. The van der Waals surface area contributed by atoms with Crippen LogP contribution in [0.25, 0.3) is 0 Å². The number of hydrogen-bond acceptors (Lipinski definition) is 1. The Balaban J connectivity index is 0. The molecule has 0 saturated heterocycles. The minimum Gasteiger partial charge on any atom is -0.870 e. The van der Waals surface area contributed by atoms with Crippen molar-refractivity contribution >= 4 is 0 Å². The first kappa shape index (κ1) is 76.3. The van der Waals surface area contributed by atoms with Crippen LogP contribution in [0.1, 0.15) is 0 Å². The molecule has 0 unspecified atom stereocenters. The fraction of sp³-hybridized carbons (Fsp3) is 0. The molecule has 0 aromatic heterocycles. The van der Waals surface area contributed by atoms with E-state index in [9.17, 15) is 0 Å². The molecule has 0 spiro atoms. The first-order valence-electron chi connectivity index (χ1n) is 0. The van der Waals surface area contributed by atoms with Gasteiger partial charge in [-0.25, -0.2) is 0 Å². The molecule has 0 heterocycles. The maximum Gasteiger partial charge on any atom is 1.00 e. The molecule has 0 saturated carbocycles. The quantitative estimate of drug-likeness (QED) is 0.285. The summed E-state index contributed by atoms with van der Waals surface area (Å²) in [4.78, 5) is 0. The van der Waals surface area contributed by atoms with E-state index in [2.05, 4.69) is 0 Å². The number of hydrogen-bond donors (Lipinski definition) is 0. The Morgan fingerprint density at radius 1 is 1.00 bits per heavy atom. The van der Waals surface area contributed by atoms with Gasteiger partial charge in [-0.3, -0.25) is 0 Å². The standard InChI is InChI=1S/Fe.Li.2H2O/h;;2*1H2/q;+1;;/p-1. The molecule has 0 radical (unpaired) electrons. The predicted octanol–water partition coefficient (Wildman–Crippen LogP) is -4.00. The molecule has 2 nitrogen and oxygen atoms in total. The van der Waals surface area contributed by atoms with Crippen molar-refractivity contribution < 1.29 is 46.9 Å². The molecule has 4 heavy (non-hydrogen) atoms. The molecule has 0 aromatic rings.